The highest BCUT2D eigenvalue weighted by atomic mass is 32.2. The number of rotatable bonds is 3. The van der Waals surface area contributed by atoms with E-state index < -0.39 is 0 Å². The van der Waals surface area contributed by atoms with E-state index in [1.165, 1.54) is 5.56 Å². The fraction of sp³-hybridized carbons (Fsp3) is 0.133. The summed E-state index contributed by atoms with van der Waals surface area (Å²) in [5.41, 5.74) is 1.88. The Balaban J connectivity index is 2.27. The van der Waals surface area contributed by atoms with Crippen molar-refractivity contribution in [1.82, 2.24) is 0 Å². The average Bonchev–Trinajstić information content (AvgIpc) is 2.40. The molecule has 3 heteroatoms. The minimum Gasteiger partial charge on any atom is -0.496 e. The molecule has 0 aliphatic heterocycles. The van der Waals surface area contributed by atoms with Gasteiger partial charge in [-0.2, -0.15) is 5.26 Å². The van der Waals surface area contributed by atoms with Crippen molar-refractivity contribution in [3.05, 3.63) is 53.6 Å². The molecule has 0 saturated carbocycles. The number of hydrogen-bond acceptors (Lipinski definition) is 3. The van der Waals surface area contributed by atoms with E-state index in [9.17, 15) is 0 Å². The van der Waals surface area contributed by atoms with Gasteiger partial charge in [-0.25, -0.2) is 0 Å². The largest absolute Gasteiger partial charge is 0.496 e. The molecule has 90 valence electrons. The molecule has 0 atom stereocenters. The molecular weight excluding hydrogens is 242 g/mol. The van der Waals surface area contributed by atoms with Crippen LogP contribution in [0.3, 0.4) is 0 Å². The lowest BCUT2D eigenvalue weighted by molar-refractivity contribution is 0.404. The lowest BCUT2D eigenvalue weighted by Gasteiger charge is -2.09. The zero-order valence-corrected chi connectivity index (χ0v) is 11.1. The van der Waals surface area contributed by atoms with Gasteiger partial charge in [-0.1, -0.05) is 17.8 Å². The molecule has 0 bridgehead atoms. The first-order valence-corrected chi connectivity index (χ1v) is 6.37. The molecule has 0 fully saturated rings. The highest BCUT2D eigenvalue weighted by Crippen LogP contribution is 2.35. The van der Waals surface area contributed by atoms with Gasteiger partial charge in [0, 0.05) is 4.90 Å². The minimum absolute atomic E-state index is 0.676. The number of benzene rings is 2. The number of aryl methyl sites for hydroxylation is 1. The summed E-state index contributed by atoms with van der Waals surface area (Å²) in [4.78, 5) is 2.18. The van der Waals surface area contributed by atoms with Crippen molar-refractivity contribution in [3.63, 3.8) is 0 Å². The van der Waals surface area contributed by atoms with Gasteiger partial charge in [0.2, 0.25) is 0 Å². The fourth-order valence-corrected chi connectivity index (χ4v) is 2.61. The highest BCUT2D eigenvalue weighted by molar-refractivity contribution is 7.99. The van der Waals surface area contributed by atoms with Crippen molar-refractivity contribution in [2.75, 3.05) is 7.11 Å². The number of hydrogen-bond donors (Lipinski definition) is 0. The maximum Gasteiger partial charge on any atom is 0.132 e. The molecule has 0 N–H and O–H groups in total. The van der Waals surface area contributed by atoms with Crippen molar-refractivity contribution in [2.24, 2.45) is 0 Å². The summed E-state index contributed by atoms with van der Waals surface area (Å²) in [5, 5.41) is 8.76. The van der Waals surface area contributed by atoms with E-state index in [1.54, 1.807) is 18.9 Å². The quantitative estimate of drug-likeness (QED) is 0.830. The maximum absolute atomic E-state index is 8.76. The third-order valence-electron chi connectivity index (χ3n) is 2.53. The Bertz CT molecular complexity index is 584. The second-order valence-corrected chi connectivity index (χ2v) is 5.01. The van der Waals surface area contributed by atoms with Crippen LogP contribution in [0.4, 0.5) is 0 Å². The van der Waals surface area contributed by atoms with Crippen molar-refractivity contribution in [2.45, 2.75) is 16.7 Å². The molecule has 0 aliphatic carbocycles. The fourth-order valence-electron chi connectivity index (χ4n) is 1.59. The molecule has 0 aromatic heterocycles. The molecule has 0 saturated heterocycles. The summed E-state index contributed by atoms with van der Waals surface area (Å²) >= 11 is 1.64. The predicted molar refractivity (Wildman–Crippen MR) is 73.0 cm³/mol. The van der Waals surface area contributed by atoms with E-state index in [2.05, 4.69) is 19.1 Å². The summed E-state index contributed by atoms with van der Waals surface area (Å²) < 4.78 is 5.34. The lowest BCUT2D eigenvalue weighted by Crippen LogP contribution is -1.87. The molecular formula is C15H13NOS. The van der Waals surface area contributed by atoms with Crippen molar-refractivity contribution < 1.29 is 4.74 Å². The highest BCUT2D eigenvalue weighted by Gasteiger charge is 2.05. The molecule has 0 spiro atoms. The van der Waals surface area contributed by atoms with Crippen LogP contribution in [0.25, 0.3) is 0 Å². The zero-order chi connectivity index (χ0) is 13.0. The van der Waals surface area contributed by atoms with Gasteiger partial charge < -0.3 is 4.74 Å². The summed E-state index contributed by atoms with van der Waals surface area (Å²) in [5.74, 6) is 0.870. The van der Waals surface area contributed by atoms with Gasteiger partial charge in [-0.05, 0) is 48.9 Å². The van der Waals surface area contributed by atoms with E-state index in [-0.39, 0.29) is 0 Å². The Hall–Kier alpha value is -1.92. The second kappa shape index (κ2) is 5.61. The molecule has 0 unspecified atom stereocenters. The van der Waals surface area contributed by atoms with E-state index in [1.807, 2.05) is 36.4 Å². The summed E-state index contributed by atoms with van der Waals surface area (Å²) in [7, 11) is 1.67. The van der Waals surface area contributed by atoms with Crippen LogP contribution in [0, 0.1) is 18.3 Å². The summed E-state index contributed by atoms with van der Waals surface area (Å²) in [6.07, 6.45) is 0. The van der Waals surface area contributed by atoms with Crippen molar-refractivity contribution in [1.29, 1.82) is 5.26 Å². The van der Waals surface area contributed by atoms with E-state index >= 15 is 0 Å². The Morgan fingerprint density at radius 1 is 1.11 bits per heavy atom. The maximum atomic E-state index is 8.76. The van der Waals surface area contributed by atoms with Gasteiger partial charge in [0.15, 0.2) is 0 Å². The molecule has 0 amide bonds. The second-order valence-electron chi connectivity index (χ2n) is 3.89. The van der Waals surface area contributed by atoms with Crippen molar-refractivity contribution >= 4 is 11.8 Å². The Morgan fingerprint density at radius 2 is 1.83 bits per heavy atom. The van der Waals surface area contributed by atoms with Crippen LogP contribution in [0.5, 0.6) is 5.75 Å². The first-order chi connectivity index (χ1) is 8.72. The minimum atomic E-state index is 0.676. The summed E-state index contributed by atoms with van der Waals surface area (Å²) in [6.45, 7) is 2.06. The van der Waals surface area contributed by atoms with Crippen LogP contribution in [-0.2, 0) is 0 Å². The first-order valence-electron chi connectivity index (χ1n) is 5.55. The van der Waals surface area contributed by atoms with Gasteiger partial charge >= 0.3 is 0 Å². The van der Waals surface area contributed by atoms with Crippen LogP contribution in [0.15, 0.2) is 52.3 Å². The number of ether oxygens (including phenoxy) is 1. The van der Waals surface area contributed by atoms with Crippen molar-refractivity contribution in [3.8, 4) is 11.8 Å². The monoisotopic (exact) mass is 255 g/mol. The van der Waals surface area contributed by atoms with E-state index in [0.29, 0.717) is 5.56 Å². The molecule has 0 radical (unpaired) electrons. The number of nitriles is 1. The van der Waals surface area contributed by atoms with Crippen LogP contribution in [-0.4, -0.2) is 7.11 Å². The van der Waals surface area contributed by atoms with Crippen LogP contribution in [0.1, 0.15) is 11.1 Å². The Morgan fingerprint density at radius 3 is 2.44 bits per heavy atom. The summed E-state index contributed by atoms with van der Waals surface area (Å²) in [6, 6.07) is 15.8. The van der Waals surface area contributed by atoms with Gasteiger partial charge in [-0.15, -0.1) is 0 Å². The normalized spacial score (nSPS) is 9.83. The predicted octanol–water partition coefficient (Wildman–Crippen LogP) is 4.03. The van der Waals surface area contributed by atoms with E-state index in [4.69, 9.17) is 10.00 Å². The first kappa shape index (κ1) is 12.5. The standard InChI is InChI=1S/C15H13NOS/c1-11-3-8-14(17-2)15(9-11)18-13-6-4-12(10-16)5-7-13/h3-9H,1-2H3. The SMILES string of the molecule is COc1ccc(C)cc1Sc1ccc(C#N)cc1. The van der Waals surface area contributed by atoms with Crippen LogP contribution >= 0.6 is 11.8 Å². The van der Waals surface area contributed by atoms with Gasteiger partial charge in [0.25, 0.3) is 0 Å². The van der Waals surface area contributed by atoms with Crippen LogP contribution < -0.4 is 4.74 Å². The third-order valence-corrected chi connectivity index (χ3v) is 3.58. The third kappa shape index (κ3) is 2.85. The molecule has 2 rings (SSSR count). The number of methoxy groups -OCH3 is 1. The topological polar surface area (TPSA) is 33.0 Å². The Labute approximate surface area is 111 Å². The molecule has 2 aromatic carbocycles. The lowest BCUT2D eigenvalue weighted by atomic mass is 10.2. The molecule has 18 heavy (non-hydrogen) atoms. The average molecular weight is 255 g/mol. The molecule has 0 aliphatic rings. The molecule has 0 heterocycles. The molecule has 2 aromatic rings. The van der Waals surface area contributed by atoms with Gasteiger partial charge in [-0.3, -0.25) is 0 Å². The Kier molecular flexibility index (Phi) is 3.91. The smallest absolute Gasteiger partial charge is 0.132 e. The van der Waals surface area contributed by atoms with Crippen LogP contribution in [0.2, 0.25) is 0 Å². The van der Waals surface area contributed by atoms with Gasteiger partial charge in [0.1, 0.15) is 5.75 Å². The van der Waals surface area contributed by atoms with Gasteiger partial charge in [0.05, 0.1) is 23.6 Å². The zero-order valence-electron chi connectivity index (χ0n) is 10.3. The molecule has 2 nitrogen and oxygen atoms in total. The number of nitrogens with zero attached hydrogens (tertiary/aromatic N) is 1. The van der Waals surface area contributed by atoms with E-state index in [0.717, 1.165) is 15.5 Å².